The Bertz CT molecular complexity index is 316. The second-order valence-corrected chi connectivity index (χ2v) is 2.17. The van der Waals surface area contributed by atoms with Crippen LogP contribution in [0, 0.1) is 0 Å². The first-order valence-corrected chi connectivity index (χ1v) is 3.25. The number of hydrogen-bond acceptors (Lipinski definition) is 4. The van der Waals surface area contributed by atoms with Gasteiger partial charge in [0.15, 0.2) is 5.82 Å². The van der Waals surface area contributed by atoms with Crippen LogP contribution in [0.15, 0.2) is 17.2 Å². The fourth-order valence-electron chi connectivity index (χ4n) is 0.831. The number of nitrogens with zero attached hydrogens (tertiary/aromatic N) is 1. The molecule has 3 N–H and O–H groups in total. The summed E-state index contributed by atoms with van der Waals surface area (Å²) < 4.78 is 4.49. The van der Waals surface area contributed by atoms with E-state index in [-0.39, 0.29) is 11.6 Å². The van der Waals surface area contributed by atoms with Crippen LogP contribution in [0.1, 0.15) is 16.1 Å². The second kappa shape index (κ2) is 3.08. The minimum Gasteiger partial charge on any atom is -0.475 e. The summed E-state index contributed by atoms with van der Waals surface area (Å²) in [5, 5.41) is 11.9. The predicted octanol–water partition coefficient (Wildman–Crippen LogP) is 0.683. The Balaban J connectivity index is 3.11. The highest BCUT2D eigenvalue weighted by molar-refractivity contribution is 5.87. The summed E-state index contributed by atoms with van der Waals surface area (Å²) in [6, 6.07) is 0. The third-order valence-electron chi connectivity index (χ3n) is 1.36. The number of carboxylic acid groups (broad SMARTS) is 1. The van der Waals surface area contributed by atoms with Crippen LogP contribution in [0.4, 0.5) is 5.82 Å². The van der Waals surface area contributed by atoms with Gasteiger partial charge in [0.1, 0.15) is 0 Å². The average molecular weight is 168 g/mol. The van der Waals surface area contributed by atoms with Crippen LogP contribution >= 0.6 is 0 Å². The van der Waals surface area contributed by atoms with Gasteiger partial charge in [0.25, 0.3) is 0 Å². The summed E-state index contributed by atoms with van der Waals surface area (Å²) >= 11 is 0. The maximum Gasteiger partial charge on any atom is 0.375 e. The van der Waals surface area contributed by atoms with E-state index in [4.69, 9.17) is 10.8 Å². The maximum atomic E-state index is 10.5. The van der Waals surface area contributed by atoms with Crippen LogP contribution < -0.4 is 5.73 Å². The second-order valence-electron chi connectivity index (χ2n) is 2.17. The molecule has 5 heteroatoms. The summed E-state index contributed by atoms with van der Waals surface area (Å²) in [7, 11) is 0. The number of aromatic nitrogens is 1. The summed E-state index contributed by atoms with van der Waals surface area (Å²) in [5.74, 6) is -1.28. The lowest BCUT2D eigenvalue weighted by atomic mass is 10.2. The predicted molar refractivity (Wildman–Crippen MR) is 41.8 cm³/mol. The molecule has 0 aliphatic rings. The lowest BCUT2D eigenvalue weighted by molar-refractivity contribution is 0.0650. The van der Waals surface area contributed by atoms with Gasteiger partial charge < -0.3 is 15.4 Å². The molecule has 0 amide bonds. The molecule has 0 aromatic carbocycles. The molecule has 0 bridgehead atoms. The highest BCUT2D eigenvalue weighted by atomic mass is 16.5. The quantitative estimate of drug-likeness (QED) is 0.648. The van der Waals surface area contributed by atoms with Gasteiger partial charge in [-0.05, 0) is 6.42 Å². The fourth-order valence-corrected chi connectivity index (χ4v) is 0.831. The lowest BCUT2D eigenvalue weighted by Gasteiger charge is -1.91. The molecule has 0 radical (unpaired) electrons. The third kappa shape index (κ3) is 1.29. The minimum absolute atomic E-state index is 0.104. The molecular weight excluding hydrogens is 160 g/mol. The van der Waals surface area contributed by atoms with Crippen LogP contribution in [-0.2, 0) is 6.42 Å². The molecule has 12 heavy (non-hydrogen) atoms. The van der Waals surface area contributed by atoms with Crippen molar-refractivity contribution in [2.45, 2.75) is 6.42 Å². The highest BCUT2D eigenvalue weighted by Gasteiger charge is 2.18. The standard InChI is InChI=1S/C7H8N2O3/c1-2-3-4-5(7(10)11)12-9-6(4)8/h2H,1,3H2,(H2,8,9)(H,10,11). The van der Waals surface area contributed by atoms with Gasteiger partial charge in [-0.15, -0.1) is 6.58 Å². The number of carbonyl (C=O) groups is 1. The van der Waals surface area contributed by atoms with Crippen molar-refractivity contribution < 1.29 is 14.4 Å². The Morgan fingerprint density at radius 1 is 1.83 bits per heavy atom. The van der Waals surface area contributed by atoms with E-state index >= 15 is 0 Å². The number of aromatic carboxylic acids is 1. The molecule has 0 spiro atoms. The summed E-state index contributed by atoms with van der Waals surface area (Å²) in [5.41, 5.74) is 5.72. The minimum atomic E-state index is -1.17. The number of allylic oxidation sites excluding steroid dienone is 1. The number of nitrogens with two attached hydrogens (primary N) is 1. The molecule has 0 saturated carbocycles. The number of hydrogen-bond donors (Lipinski definition) is 2. The number of nitrogen functional groups attached to an aromatic ring is 1. The molecule has 1 aromatic rings. The first kappa shape index (κ1) is 8.32. The Morgan fingerprint density at radius 3 is 3.00 bits per heavy atom. The van der Waals surface area contributed by atoms with E-state index in [1.807, 2.05) is 0 Å². The van der Waals surface area contributed by atoms with Crippen molar-refractivity contribution in [1.29, 1.82) is 0 Å². The van der Waals surface area contributed by atoms with Crippen molar-refractivity contribution in [3.05, 3.63) is 24.0 Å². The van der Waals surface area contributed by atoms with Gasteiger partial charge >= 0.3 is 5.97 Å². The van der Waals surface area contributed by atoms with Gasteiger partial charge in [0, 0.05) is 0 Å². The van der Waals surface area contributed by atoms with Crippen LogP contribution in [-0.4, -0.2) is 16.2 Å². The number of carboxylic acids is 1. The zero-order valence-electron chi connectivity index (χ0n) is 6.28. The third-order valence-corrected chi connectivity index (χ3v) is 1.36. The molecule has 0 fully saturated rings. The molecule has 0 aliphatic heterocycles. The molecule has 0 aliphatic carbocycles. The van der Waals surface area contributed by atoms with Crippen molar-refractivity contribution in [3.8, 4) is 0 Å². The first-order valence-electron chi connectivity index (χ1n) is 3.25. The van der Waals surface area contributed by atoms with Gasteiger partial charge in [-0.1, -0.05) is 11.2 Å². The molecule has 5 nitrogen and oxygen atoms in total. The van der Waals surface area contributed by atoms with E-state index in [1.54, 1.807) is 0 Å². The van der Waals surface area contributed by atoms with Crippen molar-refractivity contribution in [2.24, 2.45) is 0 Å². The van der Waals surface area contributed by atoms with Crippen molar-refractivity contribution >= 4 is 11.8 Å². The Labute approximate surface area is 68.5 Å². The van der Waals surface area contributed by atoms with E-state index in [0.717, 1.165) is 0 Å². The summed E-state index contributed by atoms with van der Waals surface area (Å²) in [6.45, 7) is 3.46. The SMILES string of the molecule is C=CCc1c(N)noc1C(=O)O. The van der Waals surface area contributed by atoms with Crippen LogP contribution in [0.25, 0.3) is 0 Å². The van der Waals surface area contributed by atoms with Gasteiger partial charge in [0.05, 0.1) is 5.56 Å². The van der Waals surface area contributed by atoms with Gasteiger partial charge in [0.2, 0.25) is 5.76 Å². The Hall–Kier alpha value is -1.78. The smallest absolute Gasteiger partial charge is 0.375 e. The zero-order chi connectivity index (χ0) is 9.14. The van der Waals surface area contributed by atoms with Gasteiger partial charge in [-0.25, -0.2) is 4.79 Å². The van der Waals surface area contributed by atoms with Gasteiger partial charge in [-0.2, -0.15) is 0 Å². The van der Waals surface area contributed by atoms with E-state index in [1.165, 1.54) is 6.08 Å². The monoisotopic (exact) mass is 168 g/mol. The van der Waals surface area contributed by atoms with Crippen molar-refractivity contribution in [1.82, 2.24) is 5.16 Å². The van der Waals surface area contributed by atoms with Crippen LogP contribution in [0.2, 0.25) is 0 Å². The van der Waals surface area contributed by atoms with Crippen LogP contribution in [0.3, 0.4) is 0 Å². The molecule has 64 valence electrons. The molecule has 0 atom stereocenters. The molecule has 1 heterocycles. The number of rotatable bonds is 3. The first-order chi connectivity index (χ1) is 5.66. The molecule has 0 saturated heterocycles. The molecule has 1 aromatic heterocycles. The van der Waals surface area contributed by atoms with E-state index in [0.29, 0.717) is 12.0 Å². The van der Waals surface area contributed by atoms with Crippen molar-refractivity contribution in [2.75, 3.05) is 5.73 Å². The Kier molecular flexibility index (Phi) is 2.14. The molecular formula is C7H8N2O3. The molecule has 0 unspecified atom stereocenters. The zero-order valence-corrected chi connectivity index (χ0v) is 6.28. The van der Waals surface area contributed by atoms with E-state index in [9.17, 15) is 4.79 Å². The lowest BCUT2D eigenvalue weighted by Crippen LogP contribution is -1.99. The Morgan fingerprint density at radius 2 is 2.50 bits per heavy atom. The van der Waals surface area contributed by atoms with E-state index < -0.39 is 5.97 Å². The number of anilines is 1. The summed E-state index contributed by atoms with van der Waals surface area (Å²) in [6.07, 6.45) is 1.88. The van der Waals surface area contributed by atoms with Crippen LogP contribution in [0.5, 0.6) is 0 Å². The normalized spacial score (nSPS) is 9.67. The topological polar surface area (TPSA) is 89.4 Å². The fraction of sp³-hybridized carbons (Fsp3) is 0.143. The molecule has 1 rings (SSSR count). The highest BCUT2D eigenvalue weighted by Crippen LogP contribution is 2.16. The van der Waals surface area contributed by atoms with E-state index in [2.05, 4.69) is 16.3 Å². The summed E-state index contributed by atoms with van der Waals surface area (Å²) in [4.78, 5) is 10.5. The van der Waals surface area contributed by atoms with Gasteiger partial charge in [-0.3, -0.25) is 0 Å². The largest absolute Gasteiger partial charge is 0.475 e. The maximum absolute atomic E-state index is 10.5. The van der Waals surface area contributed by atoms with Crippen molar-refractivity contribution in [3.63, 3.8) is 0 Å². The average Bonchev–Trinajstić information content (AvgIpc) is 2.34.